The summed E-state index contributed by atoms with van der Waals surface area (Å²) in [6.07, 6.45) is 3.30. The quantitative estimate of drug-likeness (QED) is 0.408. The van der Waals surface area contributed by atoms with E-state index < -0.39 is 0 Å². The van der Waals surface area contributed by atoms with Gasteiger partial charge in [-0.3, -0.25) is 4.99 Å². The second-order valence-electron chi connectivity index (χ2n) is 6.11. The van der Waals surface area contributed by atoms with Gasteiger partial charge < -0.3 is 15.5 Å². The fraction of sp³-hybridized carbons (Fsp3) is 0.368. The molecule has 5 nitrogen and oxygen atoms in total. The molecule has 1 heterocycles. The Labute approximate surface area is 162 Å². The Balaban J connectivity index is 1.76. The van der Waals surface area contributed by atoms with E-state index in [1.165, 1.54) is 6.07 Å². The Morgan fingerprint density at radius 3 is 2.73 bits per heavy atom. The van der Waals surface area contributed by atoms with Crippen LogP contribution in [0.5, 0.6) is 0 Å². The first kappa shape index (κ1) is 20.2. The van der Waals surface area contributed by atoms with Crippen LogP contribution in [0.1, 0.15) is 17.5 Å². The number of hydrogen-bond donors (Lipinski definition) is 2. The monoisotopic (exact) mass is 421 g/mol. The lowest BCUT2D eigenvalue weighted by atomic mass is 10.1. The second-order valence-corrected chi connectivity index (χ2v) is 7.02. The van der Waals surface area contributed by atoms with Gasteiger partial charge in [-0.15, -0.1) is 0 Å². The van der Waals surface area contributed by atoms with E-state index in [-0.39, 0.29) is 5.82 Å². The van der Waals surface area contributed by atoms with E-state index >= 15 is 0 Å². The Kier molecular flexibility index (Phi) is 7.84. The van der Waals surface area contributed by atoms with E-state index in [1.54, 1.807) is 13.2 Å². The van der Waals surface area contributed by atoms with Crippen molar-refractivity contribution in [2.24, 2.45) is 4.99 Å². The highest BCUT2D eigenvalue weighted by molar-refractivity contribution is 9.10. The largest absolute Gasteiger partial charge is 0.363 e. The maximum absolute atomic E-state index is 13.8. The van der Waals surface area contributed by atoms with Gasteiger partial charge in [-0.25, -0.2) is 9.37 Å². The maximum atomic E-state index is 13.8. The fourth-order valence-corrected chi connectivity index (χ4v) is 2.76. The minimum atomic E-state index is -0.170. The normalized spacial score (nSPS) is 11.3. The van der Waals surface area contributed by atoms with Gasteiger partial charge in [-0.1, -0.05) is 22.0 Å². The summed E-state index contributed by atoms with van der Waals surface area (Å²) in [7, 11) is 5.67. The van der Waals surface area contributed by atoms with Crippen molar-refractivity contribution in [2.45, 2.75) is 19.4 Å². The van der Waals surface area contributed by atoms with Gasteiger partial charge in [-0.05, 0) is 48.2 Å². The lowest BCUT2D eigenvalue weighted by molar-refractivity contribution is 0.602. The predicted molar refractivity (Wildman–Crippen MR) is 109 cm³/mol. The molecular formula is C19H25BrFN5. The number of pyridine rings is 1. The Hall–Kier alpha value is -2.15. The van der Waals surface area contributed by atoms with Gasteiger partial charge in [0.05, 0.1) is 0 Å². The molecule has 7 heteroatoms. The Bertz CT molecular complexity index is 748. The number of hydrogen-bond acceptors (Lipinski definition) is 3. The number of benzene rings is 1. The Morgan fingerprint density at radius 1 is 1.23 bits per heavy atom. The SMILES string of the molecule is CN=C(NCCCc1ccc(Br)cc1F)NCc1ccnc(N(C)C)c1. The summed E-state index contributed by atoms with van der Waals surface area (Å²) in [6, 6.07) is 9.20. The molecule has 0 unspecified atom stereocenters. The van der Waals surface area contributed by atoms with E-state index in [9.17, 15) is 4.39 Å². The average molecular weight is 422 g/mol. The molecule has 0 radical (unpaired) electrons. The first-order chi connectivity index (χ1) is 12.5. The van der Waals surface area contributed by atoms with Crippen molar-refractivity contribution in [1.82, 2.24) is 15.6 Å². The van der Waals surface area contributed by atoms with Crippen molar-refractivity contribution in [2.75, 3.05) is 32.6 Å². The molecule has 2 aromatic rings. The van der Waals surface area contributed by atoms with Crippen LogP contribution in [0.2, 0.25) is 0 Å². The fourth-order valence-electron chi connectivity index (χ4n) is 2.43. The summed E-state index contributed by atoms with van der Waals surface area (Å²) in [4.78, 5) is 10.5. The van der Waals surface area contributed by atoms with Gasteiger partial charge in [-0.2, -0.15) is 0 Å². The van der Waals surface area contributed by atoms with Crippen LogP contribution >= 0.6 is 15.9 Å². The molecule has 2 N–H and O–H groups in total. The highest BCUT2D eigenvalue weighted by Crippen LogP contribution is 2.16. The zero-order valence-electron chi connectivity index (χ0n) is 15.4. The van der Waals surface area contributed by atoms with Crippen molar-refractivity contribution in [3.8, 4) is 0 Å². The summed E-state index contributed by atoms with van der Waals surface area (Å²) in [5, 5.41) is 6.54. The summed E-state index contributed by atoms with van der Waals surface area (Å²) >= 11 is 3.27. The number of aromatic nitrogens is 1. The van der Waals surface area contributed by atoms with Gasteiger partial charge >= 0.3 is 0 Å². The summed E-state index contributed by atoms with van der Waals surface area (Å²) in [6.45, 7) is 1.37. The van der Waals surface area contributed by atoms with Crippen LogP contribution in [0.4, 0.5) is 10.2 Å². The third kappa shape index (κ3) is 6.29. The summed E-state index contributed by atoms with van der Waals surface area (Å²) in [5.41, 5.74) is 1.86. The first-order valence-electron chi connectivity index (χ1n) is 8.50. The summed E-state index contributed by atoms with van der Waals surface area (Å²) < 4.78 is 14.6. The second kappa shape index (κ2) is 10.1. The average Bonchev–Trinajstić information content (AvgIpc) is 2.62. The molecule has 0 saturated heterocycles. The molecule has 1 aromatic carbocycles. The van der Waals surface area contributed by atoms with Crippen molar-refractivity contribution < 1.29 is 4.39 Å². The van der Waals surface area contributed by atoms with E-state index in [1.807, 2.05) is 43.3 Å². The van der Waals surface area contributed by atoms with Crippen molar-refractivity contribution in [3.63, 3.8) is 0 Å². The predicted octanol–water partition coefficient (Wildman–Crippen LogP) is 3.35. The molecule has 0 bridgehead atoms. The molecule has 0 amide bonds. The topological polar surface area (TPSA) is 52.6 Å². The third-order valence-corrected chi connectivity index (χ3v) is 4.38. The number of guanidine groups is 1. The molecule has 0 aliphatic carbocycles. The van der Waals surface area contributed by atoms with Crippen LogP contribution in [-0.2, 0) is 13.0 Å². The number of aryl methyl sites for hydroxylation is 1. The molecule has 0 aliphatic heterocycles. The number of aliphatic imine (C=N–C) groups is 1. The molecule has 0 fully saturated rings. The van der Waals surface area contributed by atoms with E-state index in [0.29, 0.717) is 19.5 Å². The highest BCUT2D eigenvalue weighted by atomic mass is 79.9. The zero-order chi connectivity index (χ0) is 18.9. The Morgan fingerprint density at radius 2 is 2.04 bits per heavy atom. The lowest BCUT2D eigenvalue weighted by Gasteiger charge is -2.14. The molecule has 26 heavy (non-hydrogen) atoms. The smallest absolute Gasteiger partial charge is 0.191 e. The van der Waals surface area contributed by atoms with Crippen molar-refractivity contribution >= 4 is 27.7 Å². The van der Waals surface area contributed by atoms with E-state index in [4.69, 9.17) is 0 Å². The van der Waals surface area contributed by atoms with E-state index in [2.05, 4.69) is 36.5 Å². The van der Waals surface area contributed by atoms with E-state index in [0.717, 1.165) is 33.8 Å². The van der Waals surface area contributed by atoms with Crippen LogP contribution in [0.25, 0.3) is 0 Å². The van der Waals surface area contributed by atoms with Gasteiger partial charge in [0.1, 0.15) is 11.6 Å². The maximum Gasteiger partial charge on any atom is 0.191 e. The van der Waals surface area contributed by atoms with Crippen molar-refractivity contribution in [1.29, 1.82) is 0 Å². The summed E-state index contributed by atoms with van der Waals surface area (Å²) in [5.74, 6) is 1.48. The molecule has 140 valence electrons. The van der Waals surface area contributed by atoms with Gasteiger partial charge in [0, 0.05) is 44.9 Å². The standard InChI is InChI=1S/C19H25BrFN5/c1-22-19(25-13-14-8-10-23-18(11-14)26(2)3)24-9-4-5-15-6-7-16(20)12-17(15)21/h6-8,10-12H,4-5,9,13H2,1-3H3,(H2,22,24,25). The van der Waals surface area contributed by atoms with Crippen molar-refractivity contribution in [3.05, 3.63) is 57.9 Å². The van der Waals surface area contributed by atoms with Gasteiger partial charge in [0.25, 0.3) is 0 Å². The number of anilines is 1. The van der Waals surface area contributed by atoms with Crippen LogP contribution in [0, 0.1) is 5.82 Å². The molecule has 0 saturated carbocycles. The molecule has 0 spiro atoms. The number of halogens is 2. The number of nitrogens with one attached hydrogen (secondary N) is 2. The first-order valence-corrected chi connectivity index (χ1v) is 9.29. The molecule has 1 aromatic heterocycles. The highest BCUT2D eigenvalue weighted by Gasteiger charge is 2.04. The minimum Gasteiger partial charge on any atom is -0.363 e. The molecule has 0 aliphatic rings. The number of rotatable bonds is 7. The van der Waals surface area contributed by atoms with Crippen LogP contribution in [-0.4, -0.2) is 38.6 Å². The van der Waals surface area contributed by atoms with Crippen LogP contribution in [0.15, 0.2) is 46.0 Å². The van der Waals surface area contributed by atoms with Gasteiger partial charge in [0.15, 0.2) is 5.96 Å². The molecular weight excluding hydrogens is 397 g/mol. The minimum absolute atomic E-state index is 0.170. The molecule has 0 atom stereocenters. The molecule has 2 rings (SSSR count). The van der Waals surface area contributed by atoms with Crippen LogP contribution < -0.4 is 15.5 Å². The number of nitrogens with zero attached hydrogens (tertiary/aromatic N) is 3. The lowest BCUT2D eigenvalue weighted by Crippen LogP contribution is -2.37. The zero-order valence-corrected chi connectivity index (χ0v) is 17.0. The third-order valence-electron chi connectivity index (χ3n) is 3.88. The van der Waals surface area contributed by atoms with Crippen LogP contribution in [0.3, 0.4) is 0 Å². The van der Waals surface area contributed by atoms with Gasteiger partial charge in [0.2, 0.25) is 0 Å².